The zero-order chi connectivity index (χ0) is 13.8. The molecule has 2 rings (SSSR count). The Morgan fingerprint density at radius 3 is 2.63 bits per heavy atom. The summed E-state index contributed by atoms with van der Waals surface area (Å²) >= 11 is 1.59. The van der Waals surface area contributed by atoms with Gasteiger partial charge in [0, 0.05) is 19.0 Å². The molecule has 2 N–H and O–H groups in total. The monoisotopic (exact) mass is 280 g/mol. The number of nitrogens with zero attached hydrogens (tertiary/aromatic N) is 5. The molecule has 0 saturated heterocycles. The van der Waals surface area contributed by atoms with Gasteiger partial charge in [-0.15, -0.1) is 10.2 Å². The first-order valence-corrected chi connectivity index (χ1v) is 7.45. The average Bonchev–Trinajstić information content (AvgIpc) is 2.99. The van der Waals surface area contributed by atoms with Gasteiger partial charge in [0.1, 0.15) is 0 Å². The molecule has 6 nitrogen and oxygen atoms in total. The molecule has 0 bridgehead atoms. The van der Waals surface area contributed by atoms with Crippen LogP contribution in [-0.2, 0) is 12.8 Å². The minimum absolute atomic E-state index is 0.435. The summed E-state index contributed by atoms with van der Waals surface area (Å²) < 4.78 is 3.84. The van der Waals surface area contributed by atoms with Gasteiger partial charge in [-0.25, -0.2) is 0 Å². The zero-order valence-electron chi connectivity index (χ0n) is 11.6. The molecule has 0 saturated carbocycles. The lowest BCUT2D eigenvalue weighted by Gasteiger charge is -2.12. The first-order valence-electron chi connectivity index (χ1n) is 6.47. The number of nitrogen functional groups attached to an aromatic ring is 1. The molecule has 0 atom stereocenters. The van der Waals surface area contributed by atoms with Crippen molar-refractivity contribution in [1.82, 2.24) is 24.5 Å². The fourth-order valence-electron chi connectivity index (χ4n) is 1.91. The second-order valence-corrected chi connectivity index (χ2v) is 5.39. The van der Waals surface area contributed by atoms with E-state index in [1.165, 1.54) is 0 Å². The maximum Gasteiger partial charge on any atom is 0.222 e. The highest BCUT2D eigenvalue weighted by molar-refractivity contribution is 7.98. The van der Waals surface area contributed by atoms with Crippen LogP contribution in [0.5, 0.6) is 0 Å². The van der Waals surface area contributed by atoms with Crippen molar-refractivity contribution in [2.75, 3.05) is 5.73 Å². The highest BCUT2D eigenvalue weighted by Crippen LogP contribution is 2.22. The lowest BCUT2D eigenvalue weighted by Crippen LogP contribution is -2.07. The molecule has 2 heterocycles. The number of rotatable bonds is 6. The Kier molecular flexibility index (Phi) is 4.47. The number of anilines is 1. The number of hydrogen-bond donors (Lipinski definition) is 1. The molecular formula is C12H20N6S. The van der Waals surface area contributed by atoms with E-state index in [4.69, 9.17) is 5.73 Å². The Morgan fingerprint density at radius 1 is 1.32 bits per heavy atom. The molecule has 0 aliphatic heterocycles. The zero-order valence-corrected chi connectivity index (χ0v) is 12.4. The van der Waals surface area contributed by atoms with Crippen molar-refractivity contribution in [1.29, 1.82) is 0 Å². The molecule has 0 radical (unpaired) electrons. The van der Waals surface area contributed by atoms with Crippen LogP contribution in [0, 0.1) is 0 Å². The number of thioether (sulfide) groups is 1. The molecule has 7 heteroatoms. The van der Waals surface area contributed by atoms with Crippen LogP contribution in [0.15, 0.2) is 17.4 Å². The van der Waals surface area contributed by atoms with Gasteiger partial charge in [0.2, 0.25) is 5.95 Å². The van der Waals surface area contributed by atoms with E-state index in [2.05, 4.69) is 46.1 Å². The van der Waals surface area contributed by atoms with Crippen LogP contribution in [0.2, 0.25) is 0 Å². The van der Waals surface area contributed by atoms with E-state index in [1.807, 2.05) is 7.05 Å². The Hall–Kier alpha value is -1.50. The summed E-state index contributed by atoms with van der Waals surface area (Å²) in [6.07, 6.45) is 4.26. The summed E-state index contributed by atoms with van der Waals surface area (Å²) in [5, 5.41) is 13.3. The van der Waals surface area contributed by atoms with Gasteiger partial charge in [0.25, 0.3) is 0 Å². The maximum atomic E-state index is 5.65. The topological polar surface area (TPSA) is 74.6 Å². The van der Waals surface area contributed by atoms with Gasteiger partial charge in [0.05, 0.1) is 11.7 Å². The van der Waals surface area contributed by atoms with E-state index < -0.39 is 0 Å². The molecule has 0 aliphatic rings. The van der Waals surface area contributed by atoms with Gasteiger partial charge in [-0.2, -0.15) is 5.10 Å². The second-order valence-electron chi connectivity index (χ2n) is 4.45. The fraction of sp³-hybridized carbons (Fsp3) is 0.583. The second kappa shape index (κ2) is 6.10. The van der Waals surface area contributed by atoms with Gasteiger partial charge in [-0.05, 0) is 18.9 Å². The van der Waals surface area contributed by atoms with Crippen LogP contribution in [0.1, 0.15) is 38.4 Å². The van der Waals surface area contributed by atoms with E-state index in [0.717, 1.165) is 29.4 Å². The van der Waals surface area contributed by atoms with Crippen molar-refractivity contribution >= 4 is 17.7 Å². The summed E-state index contributed by atoms with van der Waals surface area (Å²) in [6, 6.07) is 2.55. The standard InChI is InChI=1S/C12H20N6S/c1-4-10(5-2)18-7-6-9(16-18)8-19-12-15-14-11(13)17(12)3/h6-7,10H,4-5,8H2,1-3H3,(H2,13,14). The SMILES string of the molecule is CCC(CC)n1ccc(CSc2nnc(N)n2C)n1. The van der Waals surface area contributed by atoms with E-state index in [1.54, 1.807) is 16.3 Å². The molecule has 0 unspecified atom stereocenters. The van der Waals surface area contributed by atoms with Crippen LogP contribution in [-0.4, -0.2) is 24.5 Å². The molecule has 0 aliphatic carbocycles. The van der Waals surface area contributed by atoms with E-state index in [-0.39, 0.29) is 0 Å². The number of nitrogens with two attached hydrogens (primary N) is 1. The predicted molar refractivity (Wildman–Crippen MR) is 76.8 cm³/mol. The number of aromatic nitrogens is 5. The van der Waals surface area contributed by atoms with Crippen molar-refractivity contribution in [3.05, 3.63) is 18.0 Å². The summed E-state index contributed by atoms with van der Waals surface area (Å²) in [4.78, 5) is 0. The average molecular weight is 280 g/mol. The molecule has 0 aromatic carbocycles. The molecule has 2 aromatic rings. The van der Waals surface area contributed by atoms with Crippen molar-refractivity contribution in [3.63, 3.8) is 0 Å². The van der Waals surface area contributed by atoms with Crippen molar-refractivity contribution in [3.8, 4) is 0 Å². The third-order valence-electron chi connectivity index (χ3n) is 3.20. The van der Waals surface area contributed by atoms with Crippen molar-refractivity contribution in [2.45, 2.75) is 43.6 Å². The Balaban J connectivity index is 1.99. The van der Waals surface area contributed by atoms with Crippen LogP contribution in [0.3, 0.4) is 0 Å². The first kappa shape index (κ1) is 13.9. The van der Waals surface area contributed by atoms with E-state index in [0.29, 0.717) is 12.0 Å². The summed E-state index contributed by atoms with van der Waals surface area (Å²) in [5.41, 5.74) is 6.70. The van der Waals surface area contributed by atoms with Gasteiger partial charge in [0.15, 0.2) is 5.16 Å². The molecular weight excluding hydrogens is 260 g/mol. The highest BCUT2D eigenvalue weighted by atomic mass is 32.2. The fourth-order valence-corrected chi connectivity index (χ4v) is 2.73. The quantitative estimate of drug-likeness (QED) is 0.821. The van der Waals surface area contributed by atoms with Crippen molar-refractivity contribution in [2.24, 2.45) is 7.05 Å². The highest BCUT2D eigenvalue weighted by Gasteiger charge is 2.10. The molecule has 0 fully saturated rings. The molecule has 104 valence electrons. The Labute approximate surface area is 117 Å². The Morgan fingerprint density at radius 2 is 2.05 bits per heavy atom. The third kappa shape index (κ3) is 3.09. The van der Waals surface area contributed by atoms with Crippen LogP contribution in [0.4, 0.5) is 5.95 Å². The lowest BCUT2D eigenvalue weighted by molar-refractivity contribution is 0.426. The summed E-state index contributed by atoms with van der Waals surface area (Å²) in [6.45, 7) is 4.37. The summed E-state index contributed by atoms with van der Waals surface area (Å²) in [7, 11) is 1.86. The van der Waals surface area contributed by atoms with Gasteiger partial charge >= 0.3 is 0 Å². The molecule has 0 spiro atoms. The van der Waals surface area contributed by atoms with Crippen molar-refractivity contribution < 1.29 is 0 Å². The minimum Gasteiger partial charge on any atom is -0.368 e. The van der Waals surface area contributed by atoms with Gasteiger partial charge < -0.3 is 5.73 Å². The first-order chi connectivity index (χ1) is 9.15. The van der Waals surface area contributed by atoms with E-state index >= 15 is 0 Å². The van der Waals surface area contributed by atoms with Crippen LogP contribution in [0.25, 0.3) is 0 Å². The Bertz CT molecular complexity index is 528. The smallest absolute Gasteiger partial charge is 0.222 e. The van der Waals surface area contributed by atoms with E-state index in [9.17, 15) is 0 Å². The van der Waals surface area contributed by atoms with Gasteiger partial charge in [-0.3, -0.25) is 9.25 Å². The lowest BCUT2D eigenvalue weighted by atomic mass is 10.2. The van der Waals surface area contributed by atoms with Crippen LogP contribution < -0.4 is 5.73 Å². The summed E-state index contributed by atoms with van der Waals surface area (Å²) in [5.74, 6) is 1.21. The van der Waals surface area contributed by atoms with Gasteiger partial charge in [-0.1, -0.05) is 25.6 Å². The third-order valence-corrected chi connectivity index (χ3v) is 4.25. The maximum absolute atomic E-state index is 5.65. The minimum atomic E-state index is 0.435. The predicted octanol–water partition coefficient (Wildman–Crippen LogP) is 2.25. The molecule has 0 amide bonds. The number of hydrogen-bond acceptors (Lipinski definition) is 5. The van der Waals surface area contributed by atoms with Crippen LogP contribution >= 0.6 is 11.8 Å². The largest absolute Gasteiger partial charge is 0.368 e. The normalized spacial score (nSPS) is 11.4. The molecule has 19 heavy (non-hydrogen) atoms. The molecule has 2 aromatic heterocycles.